The summed E-state index contributed by atoms with van der Waals surface area (Å²) >= 11 is 0. The van der Waals surface area contributed by atoms with Crippen molar-refractivity contribution in [3.8, 4) is 11.1 Å². The van der Waals surface area contributed by atoms with Gasteiger partial charge in [0.05, 0.1) is 0 Å². The van der Waals surface area contributed by atoms with Crippen LogP contribution in [0.2, 0.25) is 0 Å². The number of aromatic nitrogens is 2. The molecule has 0 saturated carbocycles. The first kappa shape index (κ1) is 24.4. The number of benzene rings is 3. The Bertz CT molecular complexity index is 1490. The van der Waals surface area contributed by atoms with Gasteiger partial charge in [-0.1, -0.05) is 88.9 Å². The second kappa shape index (κ2) is 9.43. The third kappa shape index (κ3) is 3.58. The number of nitrogens with zero attached hydrogens (tertiary/aromatic N) is 4. The normalized spacial score (nSPS) is 17.4. The summed E-state index contributed by atoms with van der Waals surface area (Å²) in [6, 6.07) is 26.4. The van der Waals surface area contributed by atoms with Crippen LogP contribution in [0.15, 0.2) is 97.3 Å². The summed E-state index contributed by atoms with van der Waals surface area (Å²) in [5.74, 6) is 2.36. The molecule has 2 aliphatic heterocycles. The number of fused-ring (bicyclic) bond motifs is 5. The Labute approximate surface area is 226 Å². The number of hydrogen-bond acceptors (Lipinski definition) is 4. The molecule has 0 amide bonds. The monoisotopic (exact) mass is 500 g/mol. The molecule has 0 spiro atoms. The molecular weight excluding hydrogens is 464 g/mol. The first-order valence-electron chi connectivity index (χ1n) is 13.9. The lowest BCUT2D eigenvalue weighted by molar-refractivity contribution is 0.425. The van der Waals surface area contributed by atoms with E-state index in [0.717, 1.165) is 36.6 Å². The van der Waals surface area contributed by atoms with Gasteiger partial charge in [0.15, 0.2) is 11.6 Å². The molecule has 0 radical (unpaired) electrons. The Morgan fingerprint density at radius 1 is 0.842 bits per heavy atom. The summed E-state index contributed by atoms with van der Waals surface area (Å²) in [6.07, 6.45) is 6.54. The zero-order chi connectivity index (χ0) is 26.4. The van der Waals surface area contributed by atoms with Gasteiger partial charge in [0.1, 0.15) is 6.17 Å². The van der Waals surface area contributed by atoms with Crippen LogP contribution < -0.4 is 9.80 Å². The van der Waals surface area contributed by atoms with E-state index in [1.807, 2.05) is 0 Å². The van der Waals surface area contributed by atoms with Crippen LogP contribution in [0.3, 0.4) is 0 Å². The molecule has 4 heteroatoms. The van der Waals surface area contributed by atoms with Crippen LogP contribution in [0.4, 0.5) is 23.0 Å². The Hall–Kier alpha value is -3.92. The minimum Gasteiger partial charge on any atom is -0.298 e. The second-order valence-corrected chi connectivity index (χ2v) is 11.0. The average Bonchev–Trinajstić information content (AvgIpc) is 3.30. The van der Waals surface area contributed by atoms with Crippen molar-refractivity contribution in [3.05, 3.63) is 108 Å². The van der Waals surface area contributed by atoms with Gasteiger partial charge in [0.2, 0.25) is 0 Å². The zero-order valence-electron chi connectivity index (χ0n) is 22.9. The van der Waals surface area contributed by atoms with Crippen LogP contribution in [-0.4, -0.2) is 16.1 Å². The van der Waals surface area contributed by atoms with Crippen LogP contribution in [0.25, 0.3) is 11.1 Å². The van der Waals surface area contributed by atoms with E-state index < -0.39 is 0 Å². The van der Waals surface area contributed by atoms with Gasteiger partial charge in [-0.05, 0) is 71.2 Å². The fourth-order valence-electron chi connectivity index (χ4n) is 6.65. The van der Waals surface area contributed by atoms with Crippen LogP contribution in [0, 0.1) is 5.92 Å². The molecule has 0 N–H and O–H groups in total. The van der Waals surface area contributed by atoms with Crippen molar-refractivity contribution in [2.24, 2.45) is 5.92 Å². The van der Waals surface area contributed by atoms with E-state index in [1.54, 1.807) is 12.4 Å². The van der Waals surface area contributed by atoms with Gasteiger partial charge in [0.25, 0.3) is 0 Å². The molecule has 1 aromatic heterocycles. The zero-order valence-corrected chi connectivity index (χ0v) is 22.9. The Morgan fingerprint density at radius 3 is 2.18 bits per heavy atom. The molecule has 3 aromatic carbocycles. The molecule has 0 fully saturated rings. The third-order valence-corrected chi connectivity index (χ3v) is 8.50. The fourth-order valence-corrected chi connectivity index (χ4v) is 6.65. The number of para-hydroxylation sites is 1. The molecule has 38 heavy (non-hydrogen) atoms. The van der Waals surface area contributed by atoms with Crippen LogP contribution in [0.1, 0.15) is 51.7 Å². The summed E-state index contributed by atoms with van der Waals surface area (Å²) in [7, 11) is 0. The number of rotatable bonds is 6. The minimum atomic E-state index is -0.137. The smallest absolute Gasteiger partial charge is 0.178 e. The van der Waals surface area contributed by atoms with Gasteiger partial charge in [0, 0.05) is 29.2 Å². The van der Waals surface area contributed by atoms with Gasteiger partial charge >= 0.3 is 0 Å². The summed E-state index contributed by atoms with van der Waals surface area (Å²) in [5.41, 5.74) is 8.66. The molecule has 4 nitrogen and oxygen atoms in total. The summed E-state index contributed by atoms with van der Waals surface area (Å²) in [5, 5.41) is 0. The topological polar surface area (TPSA) is 32.3 Å². The summed E-state index contributed by atoms with van der Waals surface area (Å²) < 4.78 is 0. The highest BCUT2D eigenvalue weighted by atomic mass is 15.5. The van der Waals surface area contributed by atoms with Crippen molar-refractivity contribution in [1.29, 1.82) is 0 Å². The molecule has 2 aliphatic rings. The molecule has 0 bridgehead atoms. The van der Waals surface area contributed by atoms with Gasteiger partial charge in [-0.3, -0.25) is 9.80 Å². The minimum absolute atomic E-state index is 0.0941. The molecular formula is C34H36N4. The van der Waals surface area contributed by atoms with Gasteiger partial charge in [-0.25, -0.2) is 9.97 Å². The van der Waals surface area contributed by atoms with Crippen molar-refractivity contribution in [3.63, 3.8) is 0 Å². The Morgan fingerprint density at radius 2 is 1.50 bits per heavy atom. The van der Waals surface area contributed by atoms with Crippen molar-refractivity contribution < 1.29 is 0 Å². The summed E-state index contributed by atoms with van der Waals surface area (Å²) in [6.45, 7) is 14.0. The molecule has 6 rings (SSSR count). The molecule has 1 atom stereocenters. The quantitative estimate of drug-likeness (QED) is 0.248. The average molecular weight is 501 g/mol. The maximum atomic E-state index is 4.89. The summed E-state index contributed by atoms with van der Waals surface area (Å²) in [4.78, 5) is 14.5. The van der Waals surface area contributed by atoms with Crippen molar-refractivity contribution >= 4 is 23.0 Å². The fraction of sp³-hybridized carbons (Fsp3) is 0.294. The number of anilines is 4. The van der Waals surface area contributed by atoms with E-state index in [-0.39, 0.29) is 11.6 Å². The van der Waals surface area contributed by atoms with Crippen LogP contribution in [-0.2, 0) is 11.8 Å². The van der Waals surface area contributed by atoms with Crippen LogP contribution in [0.5, 0.6) is 0 Å². The van der Waals surface area contributed by atoms with Gasteiger partial charge in [-0.2, -0.15) is 0 Å². The predicted octanol–water partition coefficient (Wildman–Crippen LogP) is 8.59. The van der Waals surface area contributed by atoms with Crippen LogP contribution >= 0.6 is 0 Å². The highest BCUT2D eigenvalue weighted by Gasteiger charge is 2.52. The molecule has 1 unspecified atom stereocenters. The number of hydrogen-bond donors (Lipinski definition) is 0. The van der Waals surface area contributed by atoms with Gasteiger partial charge < -0.3 is 0 Å². The standard InChI is InChI=1S/C34H36N4/c1-6-34(7-2)24(5)33-37(27-14-9-8-10-15-27)31-32(36-20-19-35-31)38(33)30-22-26(17-18-29(30)34)28-16-12-11-13-25(28)21-23(3)4/h8-20,22-23,33H,5-7,21H2,1-4H3. The lowest BCUT2D eigenvalue weighted by Gasteiger charge is -2.49. The first-order chi connectivity index (χ1) is 18.5. The second-order valence-electron chi connectivity index (χ2n) is 11.0. The van der Waals surface area contributed by atoms with Crippen molar-refractivity contribution in [2.75, 3.05) is 9.80 Å². The first-order valence-corrected chi connectivity index (χ1v) is 13.9. The van der Waals surface area contributed by atoms with Crippen molar-refractivity contribution in [1.82, 2.24) is 9.97 Å². The molecule has 4 aromatic rings. The lowest BCUT2D eigenvalue weighted by Crippen LogP contribution is -2.50. The van der Waals surface area contributed by atoms with E-state index in [9.17, 15) is 0 Å². The van der Waals surface area contributed by atoms with E-state index in [1.165, 1.54) is 33.5 Å². The SMILES string of the molecule is C=C1C2N(c3ccccc3)c3nccnc3N2c2cc(-c3ccccc3CC(C)C)ccc2C1(CC)CC. The molecule has 192 valence electrons. The Balaban J connectivity index is 1.61. The largest absolute Gasteiger partial charge is 0.298 e. The molecule has 0 aliphatic carbocycles. The lowest BCUT2D eigenvalue weighted by atomic mass is 9.66. The maximum absolute atomic E-state index is 4.89. The van der Waals surface area contributed by atoms with E-state index in [2.05, 4.69) is 110 Å². The predicted molar refractivity (Wildman–Crippen MR) is 158 cm³/mol. The van der Waals surface area contributed by atoms with E-state index >= 15 is 0 Å². The molecule has 3 heterocycles. The Kier molecular flexibility index (Phi) is 6.06. The van der Waals surface area contributed by atoms with Crippen molar-refractivity contribution in [2.45, 2.75) is 58.5 Å². The third-order valence-electron chi connectivity index (χ3n) is 8.50. The van der Waals surface area contributed by atoms with Gasteiger partial charge in [-0.15, -0.1) is 0 Å². The maximum Gasteiger partial charge on any atom is 0.178 e. The highest BCUT2D eigenvalue weighted by molar-refractivity contribution is 5.90. The van der Waals surface area contributed by atoms with E-state index in [0.29, 0.717) is 5.92 Å². The highest BCUT2D eigenvalue weighted by Crippen LogP contribution is 2.58. The van der Waals surface area contributed by atoms with E-state index in [4.69, 9.17) is 16.5 Å². The molecule has 0 saturated heterocycles.